The first-order valence-corrected chi connectivity index (χ1v) is 10.0. The molecule has 0 fully saturated rings. The van der Waals surface area contributed by atoms with Crippen molar-refractivity contribution >= 4 is 5.91 Å². The van der Waals surface area contributed by atoms with E-state index >= 15 is 0 Å². The Morgan fingerprint density at radius 3 is 2.61 bits per heavy atom. The molecular weight excluding hydrogens is 398 g/mol. The molecule has 0 saturated heterocycles. The molecule has 3 rings (SSSR count). The smallest absolute Gasteiger partial charge is 0.261 e. The number of aromatic nitrogens is 2. The molecule has 0 radical (unpaired) electrons. The molecule has 164 valence electrons. The third kappa shape index (κ3) is 5.33. The second-order valence-electron chi connectivity index (χ2n) is 7.08. The van der Waals surface area contributed by atoms with Crippen LogP contribution in [0.25, 0.3) is 11.4 Å². The Labute approximate surface area is 181 Å². The maximum atomic E-state index is 12.6. The average molecular weight is 425 g/mol. The van der Waals surface area contributed by atoms with Gasteiger partial charge in [0.1, 0.15) is 17.2 Å². The second kappa shape index (κ2) is 9.97. The number of nitrogens with one attached hydrogen (secondary N) is 1. The van der Waals surface area contributed by atoms with Crippen molar-refractivity contribution < 1.29 is 23.5 Å². The summed E-state index contributed by atoms with van der Waals surface area (Å²) in [6.07, 6.45) is -0.0956. The van der Waals surface area contributed by atoms with Crippen LogP contribution in [-0.4, -0.2) is 36.4 Å². The molecule has 8 heteroatoms. The fraction of sp³-hybridized carbons (Fsp3) is 0.348. The van der Waals surface area contributed by atoms with Crippen LogP contribution in [0.2, 0.25) is 0 Å². The Kier molecular flexibility index (Phi) is 7.12. The predicted octanol–water partition coefficient (Wildman–Crippen LogP) is 3.84. The van der Waals surface area contributed by atoms with E-state index in [9.17, 15) is 4.79 Å². The summed E-state index contributed by atoms with van der Waals surface area (Å²) in [5.41, 5.74) is 2.71. The lowest BCUT2D eigenvalue weighted by Crippen LogP contribution is -2.37. The van der Waals surface area contributed by atoms with E-state index in [1.807, 2.05) is 39.0 Å². The van der Waals surface area contributed by atoms with Crippen LogP contribution in [-0.2, 0) is 11.3 Å². The molecule has 0 aliphatic carbocycles. The van der Waals surface area contributed by atoms with Gasteiger partial charge in [-0.15, -0.1) is 0 Å². The predicted molar refractivity (Wildman–Crippen MR) is 115 cm³/mol. The SMILES string of the molecule is CC[C@H](Oc1cc(C)ccc1C)C(=O)NCc1nc(-c2ccc(OC)cc2OC)no1. The number of amides is 1. The number of benzene rings is 2. The number of rotatable bonds is 9. The van der Waals surface area contributed by atoms with E-state index in [2.05, 4.69) is 15.5 Å². The monoisotopic (exact) mass is 425 g/mol. The van der Waals surface area contributed by atoms with Crippen molar-refractivity contribution in [2.45, 2.75) is 39.8 Å². The molecule has 31 heavy (non-hydrogen) atoms. The minimum Gasteiger partial charge on any atom is -0.497 e. The van der Waals surface area contributed by atoms with Crippen LogP contribution in [0.3, 0.4) is 0 Å². The van der Waals surface area contributed by atoms with Gasteiger partial charge >= 0.3 is 0 Å². The minimum absolute atomic E-state index is 0.0942. The number of hydrogen-bond acceptors (Lipinski definition) is 7. The standard InChI is InChI=1S/C23H27N3O5/c1-6-18(30-19-11-14(2)7-8-15(19)3)23(27)24-13-21-25-22(26-31-21)17-10-9-16(28-4)12-20(17)29-5/h7-12,18H,6,13H2,1-5H3,(H,24,27)/t18-/m0/s1. The maximum Gasteiger partial charge on any atom is 0.261 e. The molecule has 0 bridgehead atoms. The average Bonchev–Trinajstić information content (AvgIpc) is 3.26. The van der Waals surface area contributed by atoms with Gasteiger partial charge in [0, 0.05) is 6.07 Å². The molecule has 0 spiro atoms. The maximum absolute atomic E-state index is 12.6. The van der Waals surface area contributed by atoms with Crippen LogP contribution in [0.1, 0.15) is 30.4 Å². The largest absolute Gasteiger partial charge is 0.497 e. The number of carbonyl (C=O) groups excluding carboxylic acids is 1. The third-order valence-corrected chi connectivity index (χ3v) is 4.81. The quantitative estimate of drug-likeness (QED) is 0.556. The molecule has 0 unspecified atom stereocenters. The van der Waals surface area contributed by atoms with Crippen molar-refractivity contribution in [3.63, 3.8) is 0 Å². The van der Waals surface area contributed by atoms with Gasteiger partial charge in [0.2, 0.25) is 11.7 Å². The van der Waals surface area contributed by atoms with E-state index in [4.69, 9.17) is 18.7 Å². The Morgan fingerprint density at radius 1 is 1.10 bits per heavy atom. The molecule has 3 aromatic rings. The van der Waals surface area contributed by atoms with Crippen molar-refractivity contribution in [2.75, 3.05) is 14.2 Å². The van der Waals surface area contributed by atoms with E-state index in [-0.39, 0.29) is 18.3 Å². The summed E-state index contributed by atoms with van der Waals surface area (Å²) >= 11 is 0. The Bertz CT molecular complexity index is 1050. The van der Waals surface area contributed by atoms with Gasteiger partial charge in [-0.05, 0) is 49.6 Å². The Hall–Kier alpha value is -3.55. The molecule has 0 aliphatic rings. The Balaban J connectivity index is 1.65. The van der Waals surface area contributed by atoms with Gasteiger partial charge in [-0.3, -0.25) is 4.79 Å². The molecule has 1 N–H and O–H groups in total. The third-order valence-electron chi connectivity index (χ3n) is 4.81. The second-order valence-corrected chi connectivity index (χ2v) is 7.08. The number of hydrogen-bond donors (Lipinski definition) is 1. The molecule has 0 saturated carbocycles. The van der Waals surface area contributed by atoms with Crippen molar-refractivity contribution in [3.05, 3.63) is 53.4 Å². The molecule has 1 aromatic heterocycles. The number of methoxy groups -OCH3 is 2. The zero-order valence-electron chi connectivity index (χ0n) is 18.4. The summed E-state index contributed by atoms with van der Waals surface area (Å²) in [5, 5.41) is 6.80. The normalized spacial score (nSPS) is 11.6. The van der Waals surface area contributed by atoms with Gasteiger partial charge in [0.05, 0.1) is 26.3 Å². The summed E-state index contributed by atoms with van der Waals surface area (Å²) in [6.45, 7) is 5.93. The van der Waals surface area contributed by atoms with Crippen LogP contribution in [0.5, 0.6) is 17.2 Å². The van der Waals surface area contributed by atoms with Gasteiger partial charge in [0.25, 0.3) is 5.91 Å². The van der Waals surface area contributed by atoms with Crippen LogP contribution >= 0.6 is 0 Å². The lowest BCUT2D eigenvalue weighted by molar-refractivity contribution is -0.128. The van der Waals surface area contributed by atoms with Crippen LogP contribution in [0.15, 0.2) is 40.9 Å². The van der Waals surface area contributed by atoms with Gasteiger partial charge in [-0.25, -0.2) is 0 Å². The first-order valence-electron chi connectivity index (χ1n) is 10.0. The topological polar surface area (TPSA) is 95.7 Å². The van der Waals surface area contributed by atoms with Crippen LogP contribution in [0.4, 0.5) is 0 Å². The molecular formula is C23H27N3O5. The molecule has 2 aromatic carbocycles. The van der Waals surface area contributed by atoms with Gasteiger partial charge in [-0.2, -0.15) is 4.98 Å². The molecule has 1 heterocycles. The lowest BCUT2D eigenvalue weighted by Gasteiger charge is -2.18. The van der Waals surface area contributed by atoms with E-state index in [0.717, 1.165) is 11.1 Å². The Morgan fingerprint density at radius 2 is 1.90 bits per heavy atom. The molecule has 8 nitrogen and oxygen atoms in total. The van der Waals surface area contributed by atoms with Crippen molar-refractivity contribution in [1.29, 1.82) is 0 Å². The van der Waals surface area contributed by atoms with E-state index < -0.39 is 6.10 Å². The fourth-order valence-electron chi connectivity index (χ4n) is 3.01. The molecule has 0 aliphatic heterocycles. The number of ether oxygens (including phenoxy) is 3. The molecule has 1 atom stereocenters. The van der Waals surface area contributed by atoms with Gasteiger partial charge in [-0.1, -0.05) is 24.2 Å². The fourth-order valence-corrected chi connectivity index (χ4v) is 3.01. The zero-order valence-corrected chi connectivity index (χ0v) is 18.4. The number of aryl methyl sites for hydroxylation is 2. The molecule has 1 amide bonds. The highest BCUT2D eigenvalue weighted by Crippen LogP contribution is 2.31. The highest BCUT2D eigenvalue weighted by Gasteiger charge is 2.21. The zero-order chi connectivity index (χ0) is 22.4. The first-order chi connectivity index (χ1) is 14.9. The summed E-state index contributed by atoms with van der Waals surface area (Å²) < 4.78 is 21.8. The highest BCUT2D eigenvalue weighted by molar-refractivity contribution is 5.81. The van der Waals surface area contributed by atoms with Crippen LogP contribution in [0, 0.1) is 13.8 Å². The summed E-state index contributed by atoms with van der Waals surface area (Å²) in [7, 11) is 3.14. The van der Waals surface area contributed by atoms with E-state index in [1.165, 1.54) is 0 Å². The van der Waals surface area contributed by atoms with Crippen molar-refractivity contribution in [1.82, 2.24) is 15.5 Å². The van der Waals surface area contributed by atoms with Crippen molar-refractivity contribution in [2.24, 2.45) is 0 Å². The number of carbonyl (C=O) groups is 1. The highest BCUT2D eigenvalue weighted by atomic mass is 16.5. The first kappa shape index (κ1) is 22.1. The van der Waals surface area contributed by atoms with Crippen molar-refractivity contribution in [3.8, 4) is 28.6 Å². The van der Waals surface area contributed by atoms with E-state index in [1.54, 1.807) is 32.4 Å². The summed E-state index contributed by atoms with van der Waals surface area (Å²) in [4.78, 5) is 17.0. The number of nitrogens with zero attached hydrogens (tertiary/aromatic N) is 2. The van der Waals surface area contributed by atoms with Gasteiger partial charge in [0.15, 0.2) is 6.10 Å². The summed E-state index contributed by atoms with van der Waals surface area (Å²) in [5.74, 6) is 2.32. The van der Waals surface area contributed by atoms with E-state index in [0.29, 0.717) is 35.1 Å². The minimum atomic E-state index is -0.621. The summed E-state index contributed by atoms with van der Waals surface area (Å²) in [6, 6.07) is 11.2. The lowest BCUT2D eigenvalue weighted by atomic mass is 10.1. The van der Waals surface area contributed by atoms with Gasteiger partial charge < -0.3 is 24.1 Å². The van der Waals surface area contributed by atoms with Crippen LogP contribution < -0.4 is 19.5 Å².